The third-order valence-corrected chi connectivity index (χ3v) is 9.73. The van der Waals surface area contributed by atoms with Crippen LogP contribution in [0.15, 0.2) is 119 Å². The first kappa shape index (κ1) is 29.0. The van der Waals surface area contributed by atoms with Gasteiger partial charge in [0.15, 0.2) is 9.50 Å². The predicted octanol–water partition coefficient (Wildman–Crippen LogP) is 8.45. The Kier molecular flexibility index (Phi) is 9.07. The van der Waals surface area contributed by atoms with Gasteiger partial charge >= 0.3 is 0 Å². The Labute approximate surface area is 263 Å². The third kappa shape index (κ3) is 6.93. The minimum absolute atomic E-state index is 0.102. The number of aromatic nitrogens is 4. The number of hydrogen-bond acceptors (Lipinski definition) is 8. The van der Waals surface area contributed by atoms with E-state index < -0.39 is 0 Å². The molecule has 0 spiro atoms. The topological polar surface area (TPSA) is 75.9 Å². The van der Waals surface area contributed by atoms with Gasteiger partial charge in [0.25, 0.3) is 0 Å². The van der Waals surface area contributed by atoms with E-state index >= 15 is 0 Å². The maximum atomic E-state index is 13.0. The molecule has 0 bridgehead atoms. The van der Waals surface area contributed by atoms with Gasteiger partial charge in [-0.3, -0.25) is 9.36 Å². The van der Waals surface area contributed by atoms with Gasteiger partial charge in [0.05, 0.1) is 21.7 Å². The normalized spacial score (nSPS) is 11.2. The van der Waals surface area contributed by atoms with Crippen molar-refractivity contribution in [3.63, 3.8) is 0 Å². The zero-order valence-electron chi connectivity index (χ0n) is 23.8. The van der Waals surface area contributed by atoms with Crippen molar-refractivity contribution in [3.05, 3.63) is 115 Å². The molecule has 0 fully saturated rings. The average Bonchev–Trinajstić information content (AvgIpc) is 3.64. The van der Waals surface area contributed by atoms with E-state index in [1.54, 1.807) is 23.1 Å². The molecule has 1 N–H and O–H groups in total. The summed E-state index contributed by atoms with van der Waals surface area (Å²) in [6.07, 6.45) is 0. The molecular weight excluding hydrogens is 593 g/mol. The summed E-state index contributed by atoms with van der Waals surface area (Å²) in [6, 6.07) is 36.7. The van der Waals surface area contributed by atoms with E-state index in [0.29, 0.717) is 10.9 Å². The first-order valence-electron chi connectivity index (χ1n) is 13.9. The molecule has 2 heterocycles. The molecule has 0 aliphatic rings. The molecule has 0 aliphatic carbocycles. The molecule has 10 heteroatoms. The number of anilines is 3. The van der Waals surface area contributed by atoms with Crippen LogP contribution in [0.5, 0.6) is 0 Å². The Balaban J connectivity index is 1.12. The quantitative estimate of drug-likeness (QED) is 0.145. The lowest BCUT2D eigenvalue weighted by atomic mass is 10.2. The van der Waals surface area contributed by atoms with E-state index in [4.69, 9.17) is 4.98 Å². The second kappa shape index (κ2) is 13.5. The molecule has 4 aromatic carbocycles. The summed E-state index contributed by atoms with van der Waals surface area (Å²) < 4.78 is 4.18. The van der Waals surface area contributed by atoms with E-state index in [2.05, 4.69) is 52.5 Å². The van der Waals surface area contributed by atoms with Crippen molar-refractivity contribution in [2.45, 2.75) is 35.1 Å². The smallest absolute Gasteiger partial charge is 0.234 e. The number of carbonyl (C=O) groups excluding carboxylic acids is 1. The van der Waals surface area contributed by atoms with Gasteiger partial charge in [-0.05, 0) is 74.5 Å². The third-order valence-electron chi connectivity index (χ3n) is 6.63. The average molecular weight is 623 g/mol. The van der Waals surface area contributed by atoms with Crippen LogP contribution in [-0.4, -0.2) is 37.5 Å². The molecule has 0 radical (unpaired) electrons. The fourth-order valence-electron chi connectivity index (χ4n) is 4.73. The van der Waals surface area contributed by atoms with Gasteiger partial charge in [-0.15, -0.1) is 21.5 Å². The summed E-state index contributed by atoms with van der Waals surface area (Å²) in [5.41, 5.74) is 4.92. The van der Waals surface area contributed by atoms with E-state index in [1.807, 2.05) is 95.6 Å². The lowest BCUT2D eigenvalue weighted by molar-refractivity contribution is -0.113. The molecule has 216 valence electrons. The van der Waals surface area contributed by atoms with Crippen LogP contribution in [0.25, 0.3) is 15.9 Å². The second-order valence-corrected chi connectivity index (χ2v) is 13.2. The first-order valence-corrected chi connectivity index (χ1v) is 16.7. The van der Waals surface area contributed by atoms with Crippen molar-refractivity contribution in [1.29, 1.82) is 0 Å². The molecule has 43 heavy (non-hydrogen) atoms. The minimum Gasteiger partial charge on any atom is -0.339 e. The van der Waals surface area contributed by atoms with E-state index in [1.165, 1.54) is 16.5 Å². The summed E-state index contributed by atoms with van der Waals surface area (Å²) in [4.78, 5) is 20.0. The molecule has 0 aliphatic heterocycles. The molecule has 1 amide bonds. The number of carbonyl (C=O) groups is 1. The summed E-state index contributed by atoms with van der Waals surface area (Å²) in [5, 5.41) is 12.7. The van der Waals surface area contributed by atoms with Crippen LogP contribution in [0.3, 0.4) is 0 Å². The number of thioether (sulfide) groups is 2. The highest BCUT2D eigenvalue weighted by atomic mass is 32.2. The highest BCUT2D eigenvalue weighted by Crippen LogP contribution is 2.33. The lowest BCUT2D eigenvalue weighted by Gasteiger charge is -2.29. The maximum absolute atomic E-state index is 13.0. The van der Waals surface area contributed by atoms with E-state index in [-0.39, 0.29) is 17.7 Å². The number of nitrogens with zero attached hydrogens (tertiary/aromatic N) is 5. The lowest BCUT2D eigenvalue weighted by Crippen LogP contribution is -2.25. The molecule has 0 saturated heterocycles. The van der Waals surface area contributed by atoms with Gasteiger partial charge in [-0.2, -0.15) is 0 Å². The highest BCUT2D eigenvalue weighted by Gasteiger charge is 2.18. The Morgan fingerprint density at radius 1 is 0.837 bits per heavy atom. The highest BCUT2D eigenvalue weighted by molar-refractivity contribution is 8.00. The standard InChI is InChI=1S/C33H30N6OS3/c1-23(2)38(25-11-5-3-6-12-25)27-19-17-24(18-20-27)34-31(40)22-41-32-37-36-30(39(32)26-13-7-4-8-14-26)21-42-33-35-28-15-9-10-16-29(28)43-33/h3-20,23H,21-22H2,1-2H3,(H,34,40). The van der Waals surface area contributed by atoms with Crippen molar-refractivity contribution < 1.29 is 4.79 Å². The van der Waals surface area contributed by atoms with Crippen molar-refractivity contribution in [1.82, 2.24) is 19.7 Å². The minimum atomic E-state index is -0.102. The number of amides is 1. The van der Waals surface area contributed by atoms with Crippen molar-refractivity contribution in [2.75, 3.05) is 16.0 Å². The van der Waals surface area contributed by atoms with Gasteiger partial charge in [0.1, 0.15) is 5.82 Å². The molecule has 6 rings (SSSR count). The molecule has 0 saturated carbocycles. The Bertz CT molecular complexity index is 1770. The number of thiazole rings is 1. The molecular formula is C33H30N6OS3. The fraction of sp³-hybridized carbons (Fsp3) is 0.152. The number of benzene rings is 4. The molecule has 2 aromatic heterocycles. The zero-order valence-corrected chi connectivity index (χ0v) is 26.2. The summed E-state index contributed by atoms with van der Waals surface area (Å²) in [6.45, 7) is 4.33. The maximum Gasteiger partial charge on any atom is 0.234 e. The molecule has 0 atom stereocenters. The van der Waals surface area contributed by atoms with E-state index in [9.17, 15) is 4.79 Å². The van der Waals surface area contributed by atoms with Crippen LogP contribution in [0.1, 0.15) is 19.7 Å². The Hall–Kier alpha value is -4.12. The van der Waals surface area contributed by atoms with Crippen LogP contribution in [0.2, 0.25) is 0 Å². The summed E-state index contributed by atoms with van der Waals surface area (Å²) in [5.74, 6) is 1.52. The molecule has 6 aromatic rings. The Morgan fingerprint density at radius 2 is 1.51 bits per heavy atom. The van der Waals surface area contributed by atoms with Gasteiger partial charge in [0.2, 0.25) is 5.91 Å². The number of para-hydroxylation sites is 3. The number of fused-ring (bicyclic) bond motifs is 1. The predicted molar refractivity (Wildman–Crippen MR) is 180 cm³/mol. The number of rotatable bonds is 11. The van der Waals surface area contributed by atoms with Crippen LogP contribution >= 0.6 is 34.9 Å². The second-order valence-electron chi connectivity index (χ2n) is 9.99. The summed E-state index contributed by atoms with van der Waals surface area (Å²) in [7, 11) is 0. The van der Waals surface area contributed by atoms with Crippen LogP contribution in [0.4, 0.5) is 17.1 Å². The first-order chi connectivity index (χ1) is 21.0. The van der Waals surface area contributed by atoms with E-state index in [0.717, 1.165) is 38.4 Å². The van der Waals surface area contributed by atoms with Gasteiger partial charge < -0.3 is 10.2 Å². The van der Waals surface area contributed by atoms with Crippen LogP contribution in [0, 0.1) is 0 Å². The van der Waals surface area contributed by atoms with Gasteiger partial charge in [-0.25, -0.2) is 4.98 Å². The molecule has 7 nitrogen and oxygen atoms in total. The fourth-order valence-corrected chi connectivity index (χ4v) is 7.48. The van der Waals surface area contributed by atoms with Crippen molar-refractivity contribution in [2.24, 2.45) is 0 Å². The van der Waals surface area contributed by atoms with Crippen LogP contribution in [-0.2, 0) is 10.5 Å². The van der Waals surface area contributed by atoms with Crippen LogP contribution < -0.4 is 10.2 Å². The largest absolute Gasteiger partial charge is 0.339 e. The number of nitrogens with one attached hydrogen (secondary N) is 1. The molecule has 0 unspecified atom stereocenters. The SMILES string of the molecule is CC(C)N(c1ccccc1)c1ccc(NC(=O)CSc2nnc(CSc3nc4ccccc4s3)n2-c2ccccc2)cc1. The zero-order chi connectivity index (χ0) is 29.6. The van der Waals surface area contributed by atoms with Crippen molar-refractivity contribution in [3.8, 4) is 5.69 Å². The summed E-state index contributed by atoms with van der Waals surface area (Å²) >= 11 is 4.69. The van der Waals surface area contributed by atoms with Crippen molar-refractivity contribution >= 4 is 68.0 Å². The van der Waals surface area contributed by atoms with Gasteiger partial charge in [-0.1, -0.05) is 72.1 Å². The Morgan fingerprint density at radius 3 is 2.23 bits per heavy atom. The number of hydrogen-bond donors (Lipinski definition) is 1. The monoisotopic (exact) mass is 622 g/mol. The van der Waals surface area contributed by atoms with Gasteiger partial charge in [0, 0.05) is 28.8 Å².